The molecule has 0 amide bonds. The quantitative estimate of drug-likeness (QED) is 0.451. The first kappa shape index (κ1) is 27.3. The van der Waals surface area contributed by atoms with E-state index in [1.807, 2.05) is 18.2 Å². The summed E-state index contributed by atoms with van der Waals surface area (Å²) in [6.45, 7) is 7.97. The molecule has 1 aliphatic heterocycles. The first-order chi connectivity index (χ1) is 18.6. The van der Waals surface area contributed by atoms with Crippen LogP contribution < -0.4 is 15.0 Å². The lowest BCUT2D eigenvalue weighted by molar-refractivity contribution is 0.249. The van der Waals surface area contributed by atoms with Gasteiger partial charge in [0, 0.05) is 48.8 Å². The van der Waals surface area contributed by atoms with Gasteiger partial charge in [0.25, 0.3) is 0 Å². The van der Waals surface area contributed by atoms with Gasteiger partial charge < -0.3 is 20.1 Å². The number of nitrogens with zero attached hydrogens (tertiary/aromatic N) is 4. The number of anilines is 2. The Morgan fingerprint density at radius 3 is 2.77 bits per heavy atom. The fourth-order valence-electron chi connectivity index (χ4n) is 5.43. The molecule has 0 spiro atoms. The molecule has 1 aromatic carbocycles. The van der Waals surface area contributed by atoms with Crippen molar-refractivity contribution in [2.75, 3.05) is 42.8 Å². The van der Waals surface area contributed by atoms with E-state index >= 15 is 0 Å². The van der Waals surface area contributed by atoms with Crippen LogP contribution in [0.5, 0.6) is 5.75 Å². The molecule has 3 aromatic rings. The lowest BCUT2D eigenvalue weighted by Gasteiger charge is -2.33. The predicted molar refractivity (Wildman–Crippen MR) is 152 cm³/mol. The van der Waals surface area contributed by atoms with Gasteiger partial charge in [0.05, 0.1) is 12.3 Å². The van der Waals surface area contributed by atoms with Gasteiger partial charge in [-0.15, -0.1) is 0 Å². The van der Waals surface area contributed by atoms with E-state index in [9.17, 15) is 13.5 Å². The molecule has 3 heterocycles. The van der Waals surface area contributed by atoms with Gasteiger partial charge in [-0.2, -0.15) is 0 Å². The van der Waals surface area contributed by atoms with E-state index < -0.39 is 9.84 Å². The summed E-state index contributed by atoms with van der Waals surface area (Å²) in [5, 5.41) is 12.3. The first-order valence-corrected chi connectivity index (χ1v) is 15.1. The van der Waals surface area contributed by atoms with Gasteiger partial charge in [-0.1, -0.05) is 26.8 Å². The number of fused-ring (bicyclic) bond motifs is 2. The smallest absolute Gasteiger partial charge is 0.182 e. The van der Waals surface area contributed by atoms with Gasteiger partial charge in [0.2, 0.25) is 0 Å². The number of sulfone groups is 1. The van der Waals surface area contributed by atoms with Crippen LogP contribution in [-0.4, -0.2) is 61.0 Å². The van der Waals surface area contributed by atoms with Crippen molar-refractivity contribution >= 4 is 21.5 Å². The van der Waals surface area contributed by atoms with E-state index in [4.69, 9.17) is 9.72 Å². The molecule has 0 radical (unpaired) electrons. The van der Waals surface area contributed by atoms with Crippen molar-refractivity contribution in [1.29, 1.82) is 0 Å². The summed E-state index contributed by atoms with van der Waals surface area (Å²) in [5.41, 5.74) is 5.13. The molecule has 39 heavy (non-hydrogen) atoms. The Bertz CT molecular complexity index is 1470. The Labute approximate surface area is 230 Å². The zero-order valence-corrected chi connectivity index (χ0v) is 23.9. The number of aryl methyl sites for hydroxylation is 1. The molecular weight excluding hydrogens is 514 g/mol. The van der Waals surface area contributed by atoms with Gasteiger partial charge in [-0.25, -0.2) is 23.4 Å². The Kier molecular flexibility index (Phi) is 7.52. The number of pyridine rings is 1. The normalized spacial score (nSPS) is 17.4. The number of hydrogen-bond acceptors (Lipinski definition) is 9. The summed E-state index contributed by atoms with van der Waals surface area (Å²) in [6, 6.07) is 7.60. The highest BCUT2D eigenvalue weighted by atomic mass is 32.2. The number of nitrogens with one attached hydrogen (secondary N) is 1. The topological polar surface area (TPSA) is 118 Å². The van der Waals surface area contributed by atoms with Gasteiger partial charge >= 0.3 is 0 Å². The second-order valence-electron chi connectivity index (χ2n) is 11.4. The average Bonchev–Trinajstić information content (AvgIpc) is 3.13. The second-order valence-corrected chi connectivity index (χ2v) is 13.4. The van der Waals surface area contributed by atoms with Gasteiger partial charge in [0.1, 0.15) is 35.2 Å². The number of ether oxygens (including phenoxy) is 1. The largest absolute Gasteiger partial charge is 0.491 e. The van der Waals surface area contributed by atoms with Crippen LogP contribution in [-0.2, 0) is 29.2 Å². The average molecular weight is 552 g/mol. The molecule has 2 aliphatic rings. The standard InChI is InChI=1S/C29H37N5O4S/c1-19(16-35)17-39(36,37)26-12-21(14-31-27(26)30-4)20-5-6-25-22(11-20)15-34(9-10-38-25)28-23-13-29(2,3)8-7-24(23)32-18-33-28/h5-6,11-12,14,18-19,35H,7-10,13,15-17H2,1-4H3,(H,30,31). The summed E-state index contributed by atoms with van der Waals surface area (Å²) in [7, 11) is -2.01. The predicted octanol–water partition coefficient (Wildman–Crippen LogP) is 3.90. The van der Waals surface area contributed by atoms with Crippen LogP contribution in [0.25, 0.3) is 11.1 Å². The zero-order chi connectivity index (χ0) is 27.8. The summed E-state index contributed by atoms with van der Waals surface area (Å²) in [6.07, 6.45) is 6.37. The van der Waals surface area contributed by atoms with Crippen LogP contribution in [0.2, 0.25) is 0 Å². The van der Waals surface area contributed by atoms with Crippen LogP contribution in [0, 0.1) is 11.3 Å². The van der Waals surface area contributed by atoms with Crippen LogP contribution in [0.15, 0.2) is 41.7 Å². The molecule has 0 saturated carbocycles. The Morgan fingerprint density at radius 2 is 2.00 bits per heavy atom. The maximum atomic E-state index is 13.2. The van der Waals surface area contributed by atoms with Crippen molar-refractivity contribution in [3.05, 3.63) is 53.6 Å². The second kappa shape index (κ2) is 10.7. The third-order valence-electron chi connectivity index (χ3n) is 7.62. The maximum Gasteiger partial charge on any atom is 0.182 e. The van der Waals surface area contributed by atoms with E-state index in [0.717, 1.165) is 47.7 Å². The van der Waals surface area contributed by atoms with Crippen molar-refractivity contribution < 1.29 is 18.3 Å². The van der Waals surface area contributed by atoms with Crippen LogP contribution in [0.1, 0.15) is 44.0 Å². The first-order valence-electron chi connectivity index (χ1n) is 13.5. The molecular formula is C29H37N5O4S. The minimum Gasteiger partial charge on any atom is -0.491 e. The number of aromatic nitrogens is 3. The Balaban J connectivity index is 1.49. The fourth-order valence-corrected chi connectivity index (χ4v) is 7.22. The molecule has 2 N–H and O–H groups in total. The monoisotopic (exact) mass is 551 g/mol. The summed E-state index contributed by atoms with van der Waals surface area (Å²) in [5.74, 6) is 1.55. The van der Waals surface area contributed by atoms with Gasteiger partial charge in [-0.05, 0) is 54.4 Å². The van der Waals surface area contributed by atoms with Crippen molar-refractivity contribution in [3.8, 4) is 16.9 Å². The Hall–Kier alpha value is -3.24. The van der Waals surface area contributed by atoms with Crippen molar-refractivity contribution in [1.82, 2.24) is 15.0 Å². The third kappa shape index (κ3) is 5.72. The van der Waals surface area contributed by atoms with Crippen LogP contribution in [0.3, 0.4) is 0 Å². The zero-order valence-electron chi connectivity index (χ0n) is 23.1. The van der Waals surface area contributed by atoms with E-state index in [0.29, 0.717) is 31.1 Å². The number of aliphatic hydroxyl groups excluding tert-OH is 1. The fraction of sp³-hybridized carbons (Fsp3) is 0.483. The van der Waals surface area contributed by atoms with Gasteiger partial charge in [-0.3, -0.25) is 0 Å². The molecule has 5 rings (SSSR count). The summed E-state index contributed by atoms with van der Waals surface area (Å²) >= 11 is 0. The Morgan fingerprint density at radius 1 is 1.18 bits per heavy atom. The van der Waals surface area contributed by atoms with E-state index in [2.05, 4.69) is 34.0 Å². The molecule has 1 atom stereocenters. The van der Waals surface area contributed by atoms with E-state index in [1.54, 1.807) is 32.6 Å². The molecule has 0 fully saturated rings. The molecule has 0 saturated heterocycles. The maximum absolute atomic E-state index is 13.2. The molecule has 2 aromatic heterocycles. The highest BCUT2D eigenvalue weighted by Crippen LogP contribution is 2.39. The number of benzene rings is 1. The lowest BCUT2D eigenvalue weighted by Crippen LogP contribution is -2.31. The molecule has 9 nitrogen and oxygen atoms in total. The van der Waals surface area contributed by atoms with Crippen molar-refractivity contribution in [3.63, 3.8) is 0 Å². The summed E-state index contributed by atoms with van der Waals surface area (Å²) in [4.78, 5) is 16.1. The van der Waals surface area contributed by atoms with Crippen LogP contribution >= 0.6 is 0 Å². The number of rotatable bonds is 7. The number of aliphatic hydroxyl groups is 1. The molecule has 10 heteroatoms. The van der Waals surface area contributed by atoms with Gasteiger partial charge in [0.15, 0.2) is 9.84 Å². The highest BCUT2D eigenvalue weighted by molar-refractivity contribution is 7.91. The lowest BCUT2D eigenvalue weighted by atomic mass is 9.76. The minimum atomic E-state index is -3.66. The highest BCUT2D eigenvalue weighted by Gasteiger charge is 2.31. The molecule has 208 valence electrons. The van der Waals surface area contributed by atoms with Crippen molar-refractivity contribution in [2.45, 2.75) is 51.5 Å². The van der Waals surface area contributed by atoms with E-state index in [1.165, 1.54) is 5.56 Å². The SMILES string of the molecule is CNc1ncc(-c2ccc3c(c2)CN(c2ncnc4c2CC(C)(C)CC4)CCO3)cc1S(=O)(=O)CC(C)CO. The number of hydrogen-bond donors (Lipinski definition) is 2. The molecule has 0 bridgehead atoms. The minimum absolute atomic E-state index is 0.130. The van der Waals surface area contributed by atoms with Crippen molar-refractivity contribution in [2.24, 2.45) is 11.3 Å². The molecule has 1 unspecified atom stereocenters. The molecule has 1 aliphatic carbocycles. The van der Waals surface area contributed by atoms with E-state index in [-0.39, 0.29) is 28.6 Å². The van der Waals surface area contributed by atoms with Crippen LogP contribution in [0.4, 0.5) is 11.6 Å². The summed E-state index contributed by atoms with van der Waals surface area (Å²) < 4.78 is 32.5. The third-order valence-corrected chi connectivity index (χ3v) is 9.61.